The number of rotatable bonds is 6. The fourth-order valence-electron chi connectivity index (χ4n) is 3.26. The van der Waals surface area contributed by atoms with Gasteiger partial charge in [-0.1, -0.05) is 0 Å². The molecule has 1 aliphatic heterocycles. The Labute approximate surface area is 159 Å². The SMILES string of the molecule is CCn1c(CNC(C)=O)nc2c1CN(S(=O)(=O)c1ccc(OC)cc1)CC2. The number of fused-ring (bicyclic) bond motifs is 1. The lowest BCUT2D eigenvalue weighted by atomic mass is 10.2. The standard InChI is InChI=1S/C18H24N4O4S/c1-4-22-17-12-21(10-9-16(17)20-18(22)11-19-13(2)23)27(24,25)15-7-5-14(26-3)6-8-15/h5-8H,4,9-12H2,1-3H3,(H,19,23). The van der Waals surface area contributed by atoms with Gasteiger partial charge in [-0.25, -0.2) is 13.4 Å². The van der Waals surface area contributed by atoms with E-state index in [1.54, 1.807) is 31.4 Å². The highest BCUT2D eigenvalue weighted by Crippen LogP contribution is 2.26. The molecule has 0 radical (unpaired) electrons. The monoisotopic (exact) mass is 392 g/mol. The molecule has 1 aliphatic rings. The molecule has 1 aromatic heterocycles. The molecule has 0 fully saturated rings. The van der Waals surface area contributed by atoms with Gasteiger partial charge in [0, 0.05) is 26.4 Å². The van der Waals surface area contributed by atoms with E-state index in [9.17, 15) is 13.2 Å². The van der Waals surface area contributed by atoms with Crippen molar-refractivity contribution in [1.29, 1.82) is 0 Å². The number of amides is 1. The summed E-state index contributed by atoms with van der Waals surface area (Å²) in [7, 11) is -2.06. The molecule has 0 aliphatic carbocycles. The fraction of sp³-hybridized carbons (Fsp3) is 0.444. The van der Waals surface area contributed by atoms with E-state index in [1.165, 1.54) is 11.2 Å². The average Bonchev–Trinajstić information content (AvgIpc) is 3.03. The first-order valence-electron chi connectivity index (χ1n) is 8.82. The lowest BCUT2D eigenvalue weighted by Crippen LogP contribution is -2.36. The van der Waals surface area contributed by atoms with Gasteiger partial charge in [0.25, 0.3) is 0 Å². The number of aromatic nitrogens is 2. The molecule has 0 saturated carbocycles. The minimum absolute atomic E-state index is 0.123. The summed E-state index contributed by atoms with van der Waals surface area (Å²) < 4.78 is 34.6. The minimum atomic E-state index is -3.60. The highest BCUT2D eigenvalue weighted by molar-refractivity contribution is 7.89. The Bertz CT molecular complexity index is 935. The molecule has 0 atom stereocenters. The molecule has 2 heterocycles. The van der Waals surface area contributed by atoms with E-state index < -0.39 is 10.0 Å². The summed E-state index contributed by atoms with van der Waals surface area (Å²) in [6.45, 7) is 5.08. The van der Waals surface area contributed by atoms with Crippen molar-refractivity contribution in [2.24, 2.45) is 0 Å². The van der Waals surface area contributed by atoms with E-state index in [0.29, 0.717) is 31.8 Å². The van der Waals surface area contributed by atoms with Crippen LogP contribution in [-0.4, -0.2) is 41.8 Å². The number of carbonyl (C=O) groups excluding carboxylic acids is 1. The number of carbonyl (C=O) groups is 1. The van der Waals surface area contributed by atoms with Crippen LogP contribution < -0.4 is 10.1 Å². The van der Waals surface area contributed by atoms with Crippen molar-refractivity contribution in [3.8, 4) is 5.75 Å². The Balaban J connectivity index is 1.87. The van der Waals surface area contributed by atoms with Gasteiger partial charge >= 0.3 is 0 Å². The Morgan fingerprint density at radius 3 is 2.59 bits per heavy atom. The van der Waals surface area contributed by atoms with Crippen LogP contribution in [0.1, 0.15) is 31.1 Å². The summed E-state index contributed by atoms with van der Waals surface area (Å²) in [6, 6.07) is 6.40. The number of hydrogen-bond donors (Lipinski definition) is 1. The van der Waals surface area contributed by atoms with Crippen LogP contribution in [0.15, 0.2) is 29.2 Å². The van der Waals surface area contributed by atoms with Crippen LogP contribution in [0.25, 0.3) is 0 Å². The van der Waals surface area contributed by atoms with Crippen molar-refractivity contribution in [2.45, 2.75) is 44.8 Å². The van der Waals surface area contributed by atoms with Gasteiger partial charge in [-0.15, -0.1) is 0 Å². The summed E-state index contributed by atoms with van der Waals surface area (Å²) in [5, 5.41) is 2.76. The van der Waals surface area contributed by atoms with Crippen molar-refractivity contribution < 1.29 is 17.9 Å². The van der Waals surface area contributed by atoms with Crippen molar-refractivity contribution in [1.82, 2.24) is 19.2 Å². The van der Waals surface area contributed by atoms with Crippen LogP contribution in [0.3, 0.4) is 0 Å². The summed E-state index contributed by atoms with van der Waals surface area (Å²) in [5.41, 5.74) is 1.79. The van der Waals surface area contributed by atoms with Crippen molar-refractivity contribution in [3.63, 3.8) is 0 Å². The zero-order valence-electron chi connectivity index (χ0n) is 15.7. The summed E-state index contributed by atoms with van der Waals surface area (Å²) >= 11 is 0. The molecule has 27 heavy (non-hydrogen) atoms. The summed E-state index contributed by atoms with van der Waals surface area (Å²) in [4.78, 5) is 16.1. The second-order valence-electron chi connectivity index (χ2n) is 6.34. The van der Waals surface area contributed by atoms with Gasteiger partial charge in [-0.3, -0.25) is 4.79 Å². The number of benzene rings is 1. The first kappa shape index (κ1) is 19.4. The first-order chi connectivity index (χ1) is 12.9. The number of methoxy groups -OCH3 is 1. The Morgan fingerprint density at radius 1 is 1.30 bits per heavy atom. The van der Waals surface area contributed by atoms with Crippen molar-refractivity contribution >= 4 is 15.9 Å². The van der Waals surface area contributed by atoms with E-state index in [2.05, 4.69) is 10.3 Å². The average molecular weight is 392 g/mol. The molecule has 1 aromatic carbocycles. The van der Waals surface area contributed by atoms with Gasteiger partial charge < -0.3 is 14.6 Å². The fourth-order valence-corrected chi connectivity index (χ4v) is 4.66. The molecule has 2 aromatic rings. The third-order valence-electron chi connectivity index (χ3n) is 4.67. The van der Waals surface area contributed by atoms with Crippen molar-refractivity contribution in [3.05, 3.63) is 41.5 Å². The maximum Gasteiger partial charge on any atom is 0.243 e. The highest BCUT2D eigenvalue weighted by atomic mass is 32.2. The zero-order valence-corrected chi connectivity index (χ0v) is 16.5. The molecule has 0 spiro atoms. The number of nitrogens with zero attached hydrogens (tertiary/aromatic N) is 3. The van der Waals surface area contributed by atoms with Crippen LogP contribution in [0, 0.1) is 0 Å². The smallest absolute Gasteiger partial charge is 0.243 e. The number of imidazole rings is 1. The van der Waals surface area contributed by atoms with Crippen LogP contribution in [0.4, 0.5) is 0 Å². The molecule has 9 heteroatoms. The van der Waals surface area contributed by atoms with Gasteiger partial charge in [0.15, 0.2) is 0 Å². The van der Waals surface area contributed by atoms with E-state index in [0.717, 1.165) is 17.2 Å². The molecular formula is C18H24N4O4S. The van der Waals surface area contributed by atoms with E-state index in [-0.39, 0.29) is 17.3 Å². The molecule has 1 N–H and O–H groups in total. The number of ether oxygens (including phenoxy) is 1. The molecule has 1 amide bonds. The predicted molar refractivity (Wildman–Crippen MR) is 99.7 cm³/mol. The third-order valence-corrected chi connectivity index (χ3v) is 6.53. The molecule has 0 bridgehead atoms. The minimum Gasteiger partial charge on any atom is -0.497 e. The molecule has 0 saturated heterocycles. The van der Waals surface area contributed by atoms with Gasteiger partial charge in [0.05, 0.1) is 36.5 Å². The first-order valence-corrected chi connectivity index (χ1v) is 10.3. The predicted octanol–water partition coefficient (Wildman–Crippen LogP) is 1.29. The van der Waals surface area contributed by atoms with Crippen LogP contribution in [0.5, 0.6) is 5.75 Å². The maximum atomic E-state index is 13.0. The van der Waals surface area contributed by atoms with Gasteiger partial charge in [0.1, 0.15) is 11.6 Å². The van der Waals surface area contributed by atoms with Gasteiger partial charge in [0.2, 0.25) is 15.9 Å². The Hall–Kier alpha value is -2.39. The molecule has 146 valence electrons. The lowest BCUT2D eigenvalue weighted by molar-refractivity contribution is -0.119. The second kappa shape index (κ2) is 7.69. The quantitative estimate of drug-likeness (QED) is 0.800. The highest BCUT2D eigenvalue weighted by Gasteiger charge is 2.31. The second-order valence-corrected chi connectivity index (χ2v) is 8.28. The zero-order chi connectivity index (χ0) is 19.6. The topological polar surface area (TPSA) is 93.5 Å². The van der Waals surface area contributed by atoms with E-state index in [1.807, 2.05) is 11.5 Å². The number of sulfonamides is 1. The van der Waals surface area contributed by atoms with E-state index in [4.69, 9.17) is 4.74 Å². The Kier molecular flexibility index (Phi) is 5.52. The van der Waals surface area contributed by atoms with Crippen LogP contribution in [-0.2, 0) is 40.9 Å². The normalized spacial score (nSPS) is 14.6. The maximum absolute atomic E-state index is 13.0. The third kappa shape index (κ3) is 3.84. The molecule has 8 nitrogen and oxygen atoms in total. The Morgan fingerprint density at radius 2 is 2.00 bits per heavy atom. The van der Waals surface area contributed by atoms with Crippen LogP contribution >= 0.6 is 0 Å². The van der Waals surface area contributed by atoms with Gasteiger partial charge in [-0.2, -0.15) is 4.31 Å². The number of nitrogens with one attached hydrogen (secondary N) is 1. The summed E-state index contributed by atoms with van der Waals surface area (Å²) in [6.07, 6.45) is 0.546. The molecule has 3 rings (SSSR count). The van der Waals surface area contributed by atoms with Crippen molar-refractivity contribution in [2.75, 3.05) is 13.7 Å². The molecule has 0 unspecified atom stereocenters. The van der Waals surface area contributed by atoms with Gasteiger partial charge in [-0.05, 0) is 31.2 Å². The van der Waals surface area contributed by atoms with Crippen LogP contribution in [0.2, 0.25) is 0 Å². The molecular weight excluding hydrogens is 368 g/mol. The van der Waals surface area contributed by atoms with E-state index >= 15 is 0 Å². The lowest BCUT2D eigenvalue weighted by Gasteiger charge is -2.27. The summed E-state index contributed by atoms with van der Waals surface area (Å²) in [5.74, 6) is 1.24. The largest absolute Gasteiger partial charge is 0.497 e. The number of hydrogen-bond acceptors (Lipinski definition) is 5.